The average Bonchev–Trinajstić information content (AvgIpc) is 2.30. The fourth-order valence-corrected chi connectivity index (χ4v) is 2.44. The fourth-order valence-electron chi connectivity index (χ4n) is 2.44. The van der Waals surface area contributed by atoms with Gasteiger partial charge in [-0.3, -0.25) is 0 Å². The predicted octanol–water partition coefficient (Wildman–Crippen LogP) is 4.11. The van der Waals surface area contributed by atoms with Crippen LogP contribution in [-0.2, 0) is 6.42 Å². The van der Waals surface area contributed by atoms with E-state index in [0.29, 0.717) is 0 Å². The second-order valence-corrected chi connectivity index (χ2v) is 4.33. The van der Waals surface area contributed by atoms with Gasteiger partial charge in [0.2, 0.25) is 0 Å². The Labute approximate surface area is 87.3 Å². The highest BCUT2D eigenvalue weighted by molar-refractivity contribution is 5.27. The molecule has 1 aliphatic carbocycles. The summed E-state index contributed by atoms with van der Waals surface area (Å²) in [6.45, 7) is 3.94. The molecule has 0 heteroatoms. The first-order valence-electron chi connectivity index (χ1n) is 5.78. The molecule has 0 N–H and O–H groups in total. The quantitative estimate of drug-likeness (QED) is 0.653. The van der Waals surface area contributed by atoms with Crippen LogP contribution in [0.5, 0.6) is 0 Å². The Morgan fingerprint density at radius 3 is 2.64 bits per heavy atom. The van der Waals surface area contributed by atoms with E-state index in [2.05, 4.69) is 31.2 Å². The zero-order chi connectivity index (χ0) is 9.80. The van der Waals surface area contributed by atoms with Crippen LogP contribution in [0.2, 0.25) is 0 Å². The van der Waals surface area contributed by atoms with Crippen LogP contribution >= 0.6 is 0 Å². The molecular formula is C14H19. The lowest BCUT2D eigenvalue weighted by molar-refractivity contribution is 0.443. The van der Waals surface area contributed by atoms with E-state index in [1.807, 2.05) is 0 Å². The Hall–Kier alpha value is -0.780. The summed E-state index contributed by atoms with van der Waals surface area (Å²) in [4.78, 5) is 0. The van der Waals surface area contributed by atoms with Gasteiger partial charge in [-0.1, -0.05) is 43.5 Å². The fraction of sp³-hybridized carbons (Fsp3) is 0.500. The summed E-state index contributed by atoms with van der Waals surface area (Å²) in [5.74, 6) is 0.829. The van der Waals surface area contributed by atoms with Crippen molar-refractivity contribution >= 4 is 0 Å². The van der Waals surface area contributed by atoms with E-state index >= 15 is 0 Å². The Kier molecular flexibility index (Phi) is 3.23. The third-order valence-electron chi connectivity index (χ3n) is 3.32. The maximum Gasteiger partial charge on any atom is -0.0162 e. The van der Waals surface area contributed by atoms with Gasteiger partial charge in [0, 0.05) is 0 Å². The molecule has 2 rings (SSSR count). The molecule has 0 aromatic heterocycles. The van der Waals surface area contributed by atoms with Crippen molar-refractivity contribution in [1.82, 2.24) is 0 Å². The SMILES string of the molecule is [CH2]Cc1cccc(C2CCCCC2)c1. The summed E-state index contributed by atoms with van der Waals surface area (Å²) >= 11 is 0. The molecule has 1 fully saturated rings. The van der Waals surface area contributed by atoms with Gasteiger partial charge in [0.1, 0.15) is 0 Å². The van der Waals surface area contributed by atoms with Gasteiger partial charge in [-0.05, 0) is 43.2 Å². The van der Waals surface area contributed by atoms with Crippen molar-refractivity contribution in [3.05, 3.63) is 42.3 Å². The minimum absolute atomic E-state index is 0.829. The van der Waals surface area contributed by atoms with E-state index in [9.17, 15) is 0 Å². The summed E-state index contributed by atoms with van der Waals surface area (Å²) in [6, 6.07) is 9.00. The molecule has 0 saturated heterocycles. The molecule has 0 atom stereocenters. The van der Waals surface area contributed by atoms with Crippen LogP contribution in [0.4, 0.5) is 0 Å². The van der Waals surface area contributed by atoms with Crippen LogP contribution in [-0.4, -0.2) is 0 Å². The van der Waals surface area contributed by atoms with Crippen molar-refractivity contribution in [2.45, 2.75) is 44.4 Å². The van der Waals surface area contributed by atoms with Crippen molar-refractivity contribution in [2.75, 3.05) is 0 Å². The van der Waals surface area contributed by atoms with Crippen molar-refractivity contribution in [2.24, 2.45) is 0 Å². The molecule has 0 aliphatic heterocycles. The molecule has 1 aliphatic rings. The molecule has 1 aromatic rings. The van der Waals surface area contributed by atoms with Crippen LogP contribution in [0, 0.1) is 6.92 Å². The van der Waals surface area contributed by atoms with Crippen molar-refractivity contribution < 1.29 is 0 Å². The van der Waals surface area contributed by atoms with E-state index in [0.717, 1.165) is 12.3 Å². The standard InChI is InChI=1S/C14H19/c1-2-12-7-6-10-14(11-12)13-8-4-3-5-9-13/h6-7,10-11,13H,1-5,8-9H2. The van der Waals surface area contributed by atoms with Gasteiger partial charge in [-0.25, -0.2) is 0 Å². The van der Waals surface area contributed by atoms with Gasteiger partial charge in [0.05, 0.1) is 0 Å². The lowest BCUT2D eigenvalue weighted by atomic mass is 9.83. The Balaban J connectivity index is 2.13. The molecule has 0 bridgehead atoms. The number of hydrogen-bond acceptors (Lipinski definition) is 0. The molecular weight excluding hydrogens is 168 g/mol. The minimum atomic E-state index is 0.829. The normalized spacial score (nSPS) is 18.4. The van der Waals surface area contributed by atoms with E-state index < -0.39 is 0 Å². The Morgan fingerprint density at radius 1 is 1.14 bits per heavy atom. The van der Waals surface area contributed by atoms with Crippen LogP contribution in [0.3, 0.4) is 0 Å². The summed E-state index contributed by atoms with van der Waals surface area (Å²) in [5.41, 5.74) is 2.93. The van der Waals surface area contributed by atoms with Crippen LogP contribution in [0.15, 0.2) is 24.3 Å². The minimum Gasteiger partial charge on any atom is -0.0617 e. The van der Waals surface area contributed by atoms with Gasteiger partial charge in [-0.15, -0.1) is 0 Å². The second kappa shape index (κ2) is 4.63. The topological polar surface area (TPSA) is 0 Å². The molecule has 75 valence electrons. The van der Waals surface area contributed by atoms with E-state index in [1.54, 1.807) is 5.56 Å². The summed E-state index contributed by atoms with van der Waals surface area (Å²) < 4.78 is 0. The first-order chi connectivity index (χ1) is 6.90. The van der Waals surface area contributed by atoms with Gasteiger partial charge in [-0.2, -0.15) is 0 Å². The zero-order valence-electron chi connectivity index (χ0n) is 8.84. The first kappa shape index (κ1) is 9.76. The second-order valence-electron chi connectivity index (χ2n) is 4.33. The number of benzene rings is 1. The summed E-state index contributed by atoms with van der Waals surface area (Å²) in [7, 11) is 0. The molecule has 0 nitrogen and oxygen atoms in total. The van der Waals surface area contributed by atoms with Crippen molar-refractivity contribution in [1.29, 1.82) is 0 Å². The van der Waals surface area contributed by atoms with E-state index in [1.165, 1.54) is 37.7 Å². The van der Waals surface area contributed by atoms with Crippen LogP contribution in [0.1, 0.15) is 49.1 Å². The molecule has 1 radical (unpaired) electrons. The average molecular weight is 187 g/mol. The molecule has 1 saturated carbocycles. The van der Waals surface area contributed by atoms with Crippen molar-refractivity contribution in [3.8, 4) is 0 Å². The monoisotopic (exact) mass is 187 g/mol. The highest BCUT2D eigenvalue weighted by atomic mass is 14.2. The molecule has 0 unspecified atom stereocenters. The summed E-state index contributed by atoms with van der Waals surface area (Å²) in [5, 5.41) is 0. The van der Waals surface area contributed by atoms with E-state index in [4.69, 9.17) is 0 Å². The van der Waals surface area contributed by atoms with Crippen LogP contribution < -0.4 is 0 Å². The maximum atomic E-state index is 3.94. The molecule has 0 heterocycles. The molecule has 1 aromatic carbocycles. The Bertz CT molecular complexity index is 282. The largest absolute Gasteiger partial charge is 0.0617 e. The number of rotatable bonds is 2. The third kappa shape index (κ3) is 2.17. The van der Waals surface area contributed by atoms with Gasteiger partial charge in [0.25, 0.3) is 0 Å². The number of hydrogen-bond donors (Lipinski definition) is 0. The Morgan fingerprint density at radius 2 is 1.93 bits per heavy atom. The van der Waals surface area contributed by atoms with Crippen molar-refractivity contribution in [3.63, 3.8) is 0 Å². The lowest BCUT2D eigenvalue weighted by Gasteiger charge is -2.22. The van der Waals surface area contributed by atoms with Gasteiger partial charge < -0.3 is 0 Å². The summed E-state index contributed by atoms with van der Waals surface area (Å²) in [6.07, 6.45) is 7.96. The third-order valence-corrected chi connectivity index (χ3v) is 3.32. The van der Waals surface area contributed by atoms with Gasteiger partial charge >= 0.3 is 0 Å². The lowest BCUT2D eigenvalue weighted by Crippen LogP contribution is -2.04. The molecule has 0 spiro atoms. The first-order valence-corrected chi connectivity index (χ1v) is 5.78. The van der Waals surface area contributed by atoms with Gasteiger partial charge in [0.15, 0.2) is 0 Å². The maximum absolute atomic E-state index is 3.94. The molecule has 14 heavy (non-hydrogen) atoms. The highest BCUT2D eigenvalue weighted by Crippen LogP contribution is 2.32. The van der Waals surface area contributed by atoms with E-state index in [-0.39, 0.29) is 0 Å². The van der Waals surface area contributed by atoms with Crippen LogP contribution in [0.25, 0.3) is 0 Å². The molecule has 0 amide bonds. The smallest absolute Gasteiger partial charge is 0.0162 e. The predicted molar refractivity (Wildman–Crippen MR) is 61.3 cm³/mol. The zero-order valence-corrected chi connectivity index (χ0v) is 8.84. The highest BCUT2D eigenvalue weighted by Gasteiger charge is 2.14.